The molecule has 1 amide bonds. The lowest BCUT2D eigenvalue weighted by molar-refractivity contribution is -0.131. The summed E-state index contributed by atoms with van der Waals surface area (Å²) in [6.45, 7) is 1.25. The van der Waals surface area contributed by atoms with E-state index in [1.807, 2.05) is 78.5 Å². The smallest absolute Gasteiger partial charge is 0.329 e. The average Bonchev–Trinajstić information content (AvgIpc) is 3.20. The second kappa shape index (κ2) is 8.95. The number of rotatable bonds is 5. The molecule has 8 heteroatoms. The molecule has 2 aromatic carbocycles. The summed E-state index contributed by atoms with van der Waals surface area (Å²) < 4.78 is 1.26. The van der Waals surface area contributed by atoms with Crippen molar-refractivity contribution in [1.82, 2.24) is 14.5 Å². The fraction of sp³-hybridized carbons (Fsp3) is 0.269. The van der Waals surface area contributed by atoms with Crippen LogP contribution in [-0.4, -0.2) is 41.0 Å². The number of H-pyrrole nitrogens is 1. The van der Waals surface area contributed by atoms with E-state index in [4.69, 9.17) is 0 Å². The maximum Gasteiger partial charge on any atom is 0.329 e. The summed E-state index contributed by atoms with van der Waals surface area (Å²) in [5.41, 5.74) is 3.26. The zero-order valence-corrected chi connectivity index (χ0v) is 20.0. The second-order valence-corrected chi connectivity index (χ2v) is 9.92. The number of carbonyl (C=O) groups is 1. The Morgan fingerprint density at radius 1 is 1.03 bits per heavy atom. The van der Waals surface area contributed by atoms with Gasteiger partial charge in [-0.1, -0.05) is 42.5 Å². The number of fused-ring (bicyclic) bond motifs is 3. The van der Waals surface area contributed by atoms with Crippen LogP contribution in [0, 0.1) is 0 Å². The van der Waals surface area contributed by atoms with Gasteiger partial charge in [-0.3, -0.25) is 19.1 Å². The van der Waals surface area contributed by atoms with E-state index in [2.05, 4.69) is 4.98 Å². The van der Waals surface area contributed by atoms with E-state index in [-0.39, 0.29) is 18.0 Å². The number of carbonyl (C=O) groups excluding carboxylic acids is 1. The number of aromatic amines is 1. The lowest BCUT2D eigenvalue weighted by atomic mass is 10.0. The van der Waals surface area contributed by atoms with Crippen LogP contribution in [0.5, 0.6) is 0 Å². The summed E-state index contributed by atoms with van der Waals surface area (Å²) in [5, 5.41) is 0.585. The van der Waals surface area contributed by atoms with Gasteiger partial charge in [-0.05, 0) is 35.2 Å². The molecule has 3 heterocycles. The predicted octanol–water partition coefficient (Wildman–Crippen LogP) is 2.99. The lowest BCUT2D eigenvalue weighted by Crippen LogP contribution is -2.37. The zero-order valence-electron chi connectivity index (χ0n) is 19.2. The predicted molar refractivity (Wildman–Crippen MR) is 136 cm³/mol. The monoisotopic (exact) mass is 474 g/mol. The van der Waals surface area contributed by atoms with Gasteiger partial charge in [0.05, 0.1) is 24.9 Å². The number of anilines is 1. The molecule has 0 saturated heterocycles. The van der Waals surface area contributed by atoms with Crippen molar-refractivity contribution in [2.45, 2.75) is 25.9 Å². The highest BCUT2D eigenvalue weighted by Crippen LogP contribution is 2.32. The van der Waals surface area contributed by atoms with Gasteiger partial charge >= 0.3 is 5.69 Å². The number of hydrogen-bond acceptors (Lipinski definition) is 5. The van der Waals surface area contributed by atoms with Gasteiger partial charge in [0.1, 0.15) is 4.83 Å². The van der Waals surface area contributed by atoms with Crippen LogP contribution in [0.15, 0.2) is 64.2 Å². The molecule has 5 rings (SSSR count). The quantitative estimate of drug-likeness (QED) is 0.482. The molecule has 0 saturated carbocycles. The highest BCUT2D eigenvalue weighted by molar-refractivity contribution is 7.18. The molecule has 0 bridgehead atoms. The Bertz CT molecular complexity index is 1470. The van der Waals surface area contributed by atoms with Gasteiger partial charge in [-0.15, -0.1) is 11.3 Å². The largest absolute Gasteiger partial charge is 0.378 e. The summed E-state index contributed by atoms with van der Waals surface area (Å²) in [5.74, 6) is 0.0655. The highest BCUT2D eigenvalue weighted by atomic mass is 32.1. The summed E-state index contributed by atoms with van der Waals surface area (Å²) in [7, 11) is 3.97. The van der Waals surface area contributed by atoms with Gasteiger partial charge in [-0.2, -0.15) is 0 Å². The van der Waals surface area contributed by atoms with Crippen LogP contribution >= 0.6 is 11.3 Å². The van der Waals surface area contributed by atoms with Crippen molar-refractivity contribution >= 4 is 33.1 Å². The van der Waals surface area contributed by atoms with Crippen LogP contribution in [0.3, 0.4) is 0 Å². The molecule has 0 unspecified atom stereocenters. The summed E-state index contributed by atoms with van der Waals surface area (Å²) in [6, 6.07) is 17.5. The summed E-state index contributed by atoms with van der Waals surface area (Å²) in [4.78, 5) is 47.3. The molecule has 0 spiro atoms. The van der Waals surface area contributed by atoms with E-state index < -0.39 is 5.69 Å². The number of hydrogen-bond donors (Lipinski definition) is 1. The minimum absolute atomic E-state index is 0.0655. The van der Waals surface area contributed by atoms with Crippen molar-refractivity contribution in [1.29, 1.82) is 0 Å². The molecule has 0 atom stereocenters. The third kappa shape index (κ3) is 4.17. The third-order valence-corrected chi connectivity index (χ3v) is 7.46. The maximum absolute atomic E-state index is 13.3. The maximum atomic E-state index is 13.3. The van der Waals surface area contributed by atoms with E-state index >= 15 is 0 Å². The van der Waals surface area contributed by atoms with Crippen molar-refractivity contribution in [2.75, 3.05) is 25.5 Å². The van der Waals surface area contributed by atoms with Crippen molar-refractivity contribution in [3.05, 3.63) is 97.0 Å². The van der Waals surface area contributed by atoms with Gasteiger partial charge in [0.25, 0.3) is 5.56 Å². The summed E-state index contributed by atoms with van der Waals surface area (Å²) in [6.07, 6.45) is 0.946. The fourth-order valence-corrected chi connectivity index (χ4v) is 5.68. The Labute approximate surface area is 200 Å². The van der Waals surface area contributed by atoms with Gasteiger partial charge in [0, 0.05) is 31.2 Å². The Morgan fingerprint density at radius 3 is 2.47 bits per heavy atom. The van der Waals surface area contributed by atoms with Crippen LogP contribution < -0.4 is 16.1 Å². The molecule has 34 heavy (non-hydrogen) atoms. The first kappa shape index (κ1) is 22.2. The molecular weight excluding hydrogens is 448 g/mol. The van der Waals surface area contributed by atoms with E-state index in [1.54, 1.807) is 0 Å². The Morgan fingerprint density at radius 2 is 1.76 bits per heavy atom. The first-order valence-electron chi connectivity index (χ1n) is 11.3. The van der Waals surface area contributed by atoms with Crippen molar-refractivity contribution < 1.29 is 4.79 Å². The Hall–Kier alpha value is -3.65. The van der Waals surface area contributed by atoms with Crippen LogP contribution in [0.4, 0.5) is 5.69 Å². The molecule has 1 aliphatic heterocycles. The summed E-state index contributed by atoms with van der Waals surface area (Å²) >= 11 is 1.41. The van der Waals surface area contributed by atoms with Gasteiger partial charge in [0.2, 0.25) is 5.91 Å². The van der Waals surface area contributed by atoms with E-state index in [0.717, 1.165) is 27.3 Å². The van der Waals surface area contributed by atoms with Gasteiger partial charge in [-0.25, -0.2) is 4.79 Å². The van der Waals surface area contributed by atoms with E-state index in [9.17, 15) is 14.4 Å². The molecule has 7 nitrogen and oxygen atoms in total. The molecule has 0 aliphatic carbocycles. The van der Waals surface area contributed by atoms with Crippen LogP contribution in [-0.2, 0) is 30.7 Å². The number of nitrogens with zero attached hydrogens (tertiary/aromatic N) is 3. The average molecular weight is 475 g/mol. The van der Waals surface area contributed by atoms with Crippen LogP contribution in [0.25, 0.3) is 10.2 Å². The standard InChI is InChI=1S/C26H26N4O3S/c1-28(2)19-10-8-17(9-11-19)14-22(31)29-13-12-20-21(16-29)34-24-23(20)25(32)30(26(33)27-24)15-18-6-4-3-5-7-18/h3-11H,12-16H2,1-2H3,(H,27,33). The highest BCUT2D eigenvalue weighted by Gasteiger charge is 2.26. The molecule has 1 aliphatic rings. The van der Waals surface area contributed by atoms with Gasteiger partial charge in [0.15, 0.2) is 0 Å². The first-order valence-corrected chi connectivity index (χ1v) is 12.1. The van der Waals surface area contributed by atoms with Crippen molar-refractivity contribution in [3.8, 4) is 0 Å². The van der Waals surface area contributed by atoms with Gasteiger partial charge < -0.3 is 9.80 Å². The molecule has 0 fully saturated rings. The SMILES string of the molecule is CN(C)c1ccc(CC(=O)N2CCc3c(sc4[nH]c(=O)n(Cc5ccccc5)c(=O)c34)C2)cc1. The number of thiophene rings is 1. The molecule has 2 aromatic heterocycles. The lowest BCUT2D eigenvalue weighted by Gasteiger charge is -2.27. The molecule has 1 N–H and O–H groups in total. The first-order chi connectivity index (χ1) is 16.4. The number of benzene rings is 2. The van der Waals surface area contributed by atoms with Crippen LogP contribution in [0.2, 0.25) is 0 Å². The van der Waals surface area contributed by atoms with E-state index in [0.29, 0.717) is 36.1 Å². The molecule has 4 aromatic rings. The van der Waals surface area contributed by atoms with Crippen molar-refractivity contribution in [2.24, 2.45) is 0 Å². The zero-order chi connectivity index (χ0) is 23.8. The topological polar surface area (TPSA) is 78.4 Å². The normalized spacial score (nSPS) is 13.2. The molecule has 174 valence electrons. The van der Waals surface area contributed by atoms with E-state index in [1.165, 1.54) is 15.9 Å². The Kier molecular flexibility index (Phi) is 5.83. The fourth-order valence-electron chi connectivity index (χ4n) is 4.43. The number of aromatic nitrogens is 2. The number of nitrogens with one attached hydrogen (secondary N) is 1. The third-order valence-electron chi connectivity index (χ3n) is 6.33. The Balaban J connectivity index is 1.39. The number of amides is 1. The molecular formula is C26H26N4O3S. The molecule has 0 radical (unpaired) electrons. The van der Waals surface area contributed by atoms with Crippen molar-refractivity contribution in [3.63, 3.8) is 0 Å². The minimum Gasteiger partial charge on any atom is -0.378 e. The minimum atomic E-state index is -0.408. The van der Waals surface area contributed by atoms with Crippen LogP contribution in [0.1, 0.15) is 21.6 Å². The second-order valence-electron chi connectivity index (χ2n) is 8.82.